The molecule has 0 spiro atoms. The fraction of sp³-hybridized carbons (Fsp3) is 0. The maximum atomic E-state index is 8.33. The molecule has 0 atom stereocenters. The van der Waals surface area contributed by atoms with Gasteiger partial charge in [-0.1, -0.05) is 0 Å². The Hall–Kier alpha value is -0.0417. The van der Waals surface area contributed by atoms with Gasteiger partial charge in [0, 0.05) is 0 Å². The quantitative estimate of drug-likeness (QED) is 0.488. The normalized spacial score (nSPS) is 4.80. The number of carbonyl (C=O) groups is 1. The van der Waals surface area contributed by atoms with Crippen molar-refractivity contribution in [3.8, 4) is 0 Å². The van der Waals surface area contributed by atoms with E-state index in [9.17, 15) is 0 Å². The summed E-state index contributed by atoms with van der Waals surface area (Å²) >= 11 is 0. The van der Waals surface area contributed by atoms with E-state index in [4.69, 9.17) is 15.0 Å². The van der Waals surface area contributed by atoms with E-state index in [0.29, 0.717) is 0 Å². The molecule has 0 saturated carbocycles. The summed E-state index contributed by atoms with van der Waals surface area (Å²) in [6.45, 7) is 0. The number of hydrogen-bond donors (Lipinski definition) is 0. The molecular weight excluding hydrogens is 255 g/mol. The molecule has 0 radical (unpaired) electrons. The standard InChI is InChI=1S/CH2O3.Pt/c2-1(3)4;/h(H2,2,3,4);/q;+2/p-1. The predicted octanol–water partition coefficient (Wildman–Crippen LogP) is -2.34. The number of carbonyl (C=O) groups excluding carboxylic acids is 1. The third-order valence-corrected chi connectivity index (χ3v) is 0. The van der Waals surface area contributed by atoms with Crippen LogP contribution in [0.1, 0.15) is 1.43 Å². The summed E-state index contributed by atoms with van der Waals surface area (Å²) in [5.41, 5.74) is 0. The summed E-state index contributed by atoms with van der Waals surface area (Å²) in [5, 5.41) is 16.7. The van der Waals surface area contributed by atoms with E-state index < -0.39 is 6.16 Å². The summed E-state index contributed by atoms with van der Waals surface area (Å²) in [6, 6.07) is 0. The van der Waals surface area contributed by atoms with Gasteiger partial charge in [-0.25, -0.2) is 0 Å². The molecular formula is CHO3Pt+. The molecule has 0 aromatic heterocycles. The smallest absolute Gasteiger partial charge is 0.652 e. The van der Waals surface area contributed by atoms with Gasteiger partial charge in [-0.15, -0.1) is 0 Å². The Morgan fingerprint density at radius 2 is 1.60 bits per heavy atom. The Balaban J connectivity index is -0.0000000450. The SMILES string of the molecule is O=C([O-])[O-].[H+].[Pt+2]. The average molecular weight is 256 g/mol. The second-order valence-corrected chi connectivity index (χ2v) is 0.250. The van der Waals surface area contributed by atoms with Crippen LogP contribution in [0, 0.1) is 0 Å². The molecule has 0 heterocycles. The molecule has 0 aliphatic carbocycles. The first-order valence-corrected chi connectivity index (χ1v) is 0.612. The molecule has 0 N–H and O–H groups in total. The van der Waals surface area contributed by atoms with E-state index in [1.165, 1.54) is 0 Å². The van der Waals surface area contributed by atoms with E-state index in [1.54, 1.807) is 0 Å². The fourth-order valence-corrected chi connectivity index (χ4v) is 0. The van der Waals surface area contributed by atoms with Crippen LogP contribution >= 0.6 is 0 Å². The van der Waals surface area contributed by atoms with Crippen molar-refractivity contribution >= 4 is 6.16 Å². The van der Waals surface area contributed by atoms with Crippen molar-refractivity contribution in [2.24, 2.45) is 0 Å². The first-order chi connectivity index (χ1) is 1.73. The van der Waals surface area contributed by atoms with Crippen LogP contribution in [0.4, 0.5) is 4.79 Å². The average Bonchev–Trinajstić information content (AvgIpc) is 0.811. The van der Waals surface area contributed by atoms with Crippen LogP contribution in [0.5, 0.6) is 0 Å². The minimum absolute atomic E-state index is 0. The minimum atomic E-state index is -2.33. The molecule has 0 aromatic carbocycles. The van der Waals surface area contributed by atoms with Crippen LogP contribution < -0.4 is 10.2 Å². The first-order valence-electron chi connectivity index (χ1n) is 0.612. The van der Waals surface area contributed by atoms with Gasteiger partial charge in [0.15, 0.2) is 0 Å². The van der Waals surface area contributed by atoms with Crippen molar-refractivity contribution in [3.05, 3.63) is 0 Å². The van der Waals surface area contributed by atoms with E-state index in [-0.39, 0.29) is 22.5 Å². The Kier molecular flexibility index (Phi) is 7.03. The molecule has 32 valence electrons. The fourth-order valence-electron chi connectivity index (χ4n) is 0. The van der Waals surface area contributed by atoms with Crippen molar-refractivity contribution in [1.82, 2.24) is 0 Å². The van der Waals surface area contributed by atoms with E-state index in [1.807, 2.05) is 0 Å². The van der Waals surface area contributed by atoms with Gasteiger partial charge in [0.2, 0.25) is 0 Å². The molecule has 0 bridgehead atoms. The molecule has 0 fully saturated rings. The Labute approximate surface area is 44.4 Å². The Morgan fingerprint density at radius 3 is 1.60 bits per heavy atom. The molecule has 3 nitrogen and oxygen atoms in total. The third kappa shape index (κ3) is 8730. The van der Waals surface area contributed by atoms with Crippen LogP contribution in [0.15, 0.2) is 0 Å². The van der Waals surface area contributed by atoms with Crippen LogP contribution in [0.25, 0.3) is 0 Å². The summed E-state index contributed by atoms with van der Waals surface area (Å²) in [7, 11) is 0. The number of carboxylic acid groups (broad SMARTS) is 2. The van der Waals surface area contributed by atoms with Gasteiger partial charge in [-0.3, -0.25) is 0 Å². The number of rotatable bonds is 0. The van der Waals surface area contributed by atoms with E-state index in [0.717, 1.165) is 0 Å². The summed E-state index contributed by atoms with van der Waals surface area (Å²) in [5.74, 6) is 0. The zero-order chi connectivity index (χ0) is 3.58. The summed E-state index contributed by atoms with van der Waals surface area (Å²) in [6.07, 6.45) is -2.33. The molecule has 4 heteroatoms. The third-order valence-electron chi connectivity index (χ3n) is 0. The van der Waals surface area contributed by atoms with E-state index in [2.05, 4.69) is 0 Å². The van der Waals surface area contributed by atoms with Gasteiger partial charge in [-0.2, -0.15) is 0 Å². The maximum absolute atomic E-state index is 8.33. The molecule has 0 unspecified atom stereocenters. The van der Waals surface area contributed by atoms with Gasteiger partial charge in [0.05, 0.1) is 0 Å². The van der Waals surface area contributed by atoms with Gasteiger partial charge in [-0.05, 0) is 6.16 Å². The second-order valence-electron chi connectivity index (χ2n) is 0.250. The molecule has 0 aliphatic heterocycles. The molecule has 0 amide bonds. The van der Waals surface area contributed by atoms with Crippen LogP contribution in [-0.4, -0.2) is 6.16 Å². The van der Waals surface area contributed by atoms with Gasteiger partial charge >= 0.3 is 22.5 Å². The van der Waals surface area contributed by atoms with Crippen molar-refractivity contribution in [3.63, 3.8) is 0 Å². The monoisotopic (exact) mass is 256 g/mol. The van der Waals surface area contributed by atoms with Gasteiger partial charge < -0.3 is 15.0 Å². The molecule has 0 rings (SSSR count). The zero-order valence-corrected chi connectivity index (χ0v) is 4.31. The van der Waals surface area contributed by atoms with Crippen molar-refractivity contribution < 1.29 is 37.5 Å². The molecule has 0 aromatic rings. The topological polar surface area (TPSA) is 63.2 Å². The number of hydrogen-bond acceptors (Lipinski definition) is 3. The van der Waals surface area contributed by atoms with Gasteiger partial charge in [0.25, 0.3) is 0 Å². The minimum Gasteiger partial charge on any atom is -0.652 e. The van der Waals surface area contributed by atoms with Crippen LogP contribution in [-0.2, 0) is 21.1 Å². The molecule has 5 heavy (non-hydrogen) atoms. The maximum Gasteiger partial charge on any atom is 2.00 e. The predicted molar refractivity (Wildman–Crippen MR) is 6.51 cm³/mol. The molecule has 0 aliphatic rings. The van der Waals surface area contributed by atoms with Crippen LogP contribution in [0.2, 0.25) is 0 Å². The van der Waals surface area contributed by atoms with Gasteiger partial charge in [0.1, 0.15) is 0 Å². The van der Waals surface area contributed by atoms with Crippen molar-refractivity contribution in [2.45, 2.75) is 0 Å². The Bertz CT molecular complexity index is 33.8. The van der Waals surface area contributed by atoms with E-state index >= 15 is 0 Å². The van der Waals surface area contributed by atoms with Crippen molar-refractivity contribution in [1.29, 1.82) is 0 Å². The van der Waals surface area contributed by atoms with Crippen LogP contribution in [0.3, 0.4) is 0 Å². The second kappa shape index (κ2) is 3.96. The summed E-state index contributed by atoms with van der Waals surface area (Å²) in [4.78, 5) is 8.33. The van der Waals surface area contributed by atoms with Crippen molar-refractivity contribution in [2.75, 3.05) is 0 Å². The largest absolute Gasteiger partial charge is 2.00 e. The first kappa shape index (κ1) is 8.88. The Morgan fingerprint density at radius 1 is 1.60 bits per heavy atom. The summed E-state index contributed by atoms with van der Waals surface area (Å²) < 4.78 is 0. The molecule has 0 saturated heterocycles. The zero-order valence-electron chi connectivity index (χ0n) is 3.04.